The smallest absolute Gasteiger partial charge is 0.360 e. The Morgan fingerprint density at radius 2 is 1.60 bits per heavy atom. The molecule has 1 N–H and O–H groups in total. The van der Waals surface area contributed by atoms with Gasteiger partial charge in [-0.2, -0.15) is 0 Å². The molecule has 14 heteroatoms. The van der Waals surface area contributed by atoms with Crippen molar-refractivity contribution in [3.05, 3.63) is 102 Å². The lowest BCUT2D eigenvalue weighted by molar-refractivity contribution is 0.0992. The van der Waals surface area contributed by atoms with Gasteiger partial charge in [-0.1, -0.05) is 29.8 Å². The normalized spacial score (nSPS) is 11.3. The van der Waals surface area contributed by atoms with Crippen molar-refractivity contribution >= 4 is 68.5 Å². The third kappa shape index (κ3) is 7.00. The number of anilines is 4. The van der Waals surface area contributed by atoms with Crippen molar-refractivity contribution in [2.24, 2.45) is 10.2 Å². The lowest BCUT2D eigenvalue weighted by Crippen LogP contribution is -2.22. The monoisotopic (exact) mass is 615 g/mol. The zero-order chi connectivity index (χ0) is 30.3. The van der Waals surface area contributed by atoms with Crippen LogP contribution in [0.4, 0.5) is 28.7 Å². The van der Waals surface area contributed by atoms with Crippen molar-refractivity contribution in [3.8, 4) is 11.5 Å². The lowest BCUT2D eigenvalue weighted by Gasteiger charge is -2.27. The minimum atomic E-state index is -2.85. The summed E-state index contributed by atoms with van der Waals surface area (Å²) in [5.41, 5.74) is 2.24. The SMILES string of the molecule is COc1cc(Nc2nc3ccccc3nc2N(c2cccc(N=[N+]=NC(=O)c3ccc(Cl)cc3)c2)S(=O)[O-])cc(OC)c1. The van der Waals surface area contributed by atoms with Gasteiger partial charge in [-0.25, -0.2) is 9.97 Å². The number of hydrogen-bond donors (Lipinski definition) is 1. The number of methoxy groups -OCH3 is 2. The van der Waals surface area contributed by atoms with E-state index in [0.717, 1.165) is 4.31 Å². The molecule has 0 spiro atoms. The Bertz CT molecular complexity index is 1880. The molecule has 0 fully saturated rings. The summed E-state index contributed by atoms with van der Waals surface area (Å²) in [6.07, 6.45) is 0. The number of carbonyl (C=O) groups excluding carboxylic acids is 1. The molecule has 0 radical (unpaired) electrons. The van der Waals surface area contributed by atoms with Gasteiger partial charge in [0.25, 0.3) is 0 Å². The van der Waals surface area contributed by atoms with E-state index in [1.807, 2.05) is 0 Å². The van der Waals surface area contributed by atoms with Crippen LogP contribution in [0.15, 0.2) is 101 Å². The highest BCUT2D eigenvalue weighted by Crippen LogP contribution is 2.36. The van der Waals surface area contributed by atoms with Crippen LogP contribution in [0.2, 0.25) is 5.02 Å². The molecule has 4 aromatic carbocycles. The first kappa shape index (κ1) is 29.3. The van der Waals surface area contributed by atoms with E-state index in [1.54, 1.807) is 72.8 Å². The van der Waals surface area contributed by atoms with Gasteiger partial charge in [0.1, 0.15) is 11.5 Å². The molecule has 0 saturated carbocycles. The Kier molecular flexibility index (Phi) is 8.99. The summed E-state index contributed by atoms with van der Waals surface area (Å²) in [7, 11) is 3.04. The molecule has 0 aliphatic heterocycles. The Labute approximate surface area is 253 Å². The number of hydrogen-bond acceptors (Lipinski definition) is 9. The first-order chi connectivity index (χ1) is 20.8. The number of carbonyl (C=O) groups is 1. The molecule has 1 unspecified atom stereocenters. The number of aromatic nitrogens is 2. The molecule has 1 heterocycles. The van der Waals surface area contributed by atoms with Crippen LogP contribution < -0.4 is 24.0 Å². The van der Waals surface area contributed by atoms with Gasteiger partial charge in [-0.05, 0) is 54.6 Å². The van der Waals surface area contributed by atoms with E-state index < -0.39 is 17.2 Å². The van der Waals surface area contributed by atoms with Gasteiger partial charge >= 0.3 is 5.91 Å². The quantitative estimate of drug-likeness (QED) is 0.113. The van der Waals surface area contributed by atoms with Gasteiger partial charge < -0.3 is 19.3 Å². The summed E-state index contributed by atoms with van der Waals surface area (Å²) in [5, 5.41) is 11.2. The maximum Gasteiger partial charge on any atom is 0.360 e. The van der Waals surface area contributed by atoms with Gasteiger partial charge in [-0.15, -0.1) is 0 Å². The van der Waals surface area contributed by atoms with Crippen LogP contribution in [-0.4, -0.2) is 38.9 Å². The van der Waals surface area contributed by atoms with E-state index in [9.17, 15) is 13.6 Å². The molecule has 12 nitrogen and oxygen atoms in total. The fourth-order valence-corrected chi connectivity index (χ4v) is 4.64. The molecule has 5 aromatic rings. The van der Waals surface area contributed by atoms with Gasteiger partial charge in [0.05, 0.1) is 42.2 Å². The number of benzene rings is 4. The van der Waals surface area contributed by atoms with Crippen LogP contribution in [0.25, 0.3) is 11.0 Å². The maximum atomic E-state index is 12.7. The fraction of sp³-hybridized carbons (Fsp3) is 0.0690. The molecule has 43 heavy (non-hydrogen) atoms. The van der Waals surface area contributed by atoms with Crippen LogP contribution in [0.5, 0.6) is 11.5 Å². The second kappa shape index (κ2) is 13.2. The summed E-state index contributed by atoms with van der Waals surface area (Å²) < 4.78 is 37.1. The van der Waals surface area contributed by atoms with E-state index >= 15 is 0 Å². The zero-order valence-corrected chi connectivity index (χ0v) is 24.2. The number of amides is 1. The van der Waals surface area contributed by atoms with Gasteiger partial charge in [0.2, 0.25) is 10.0 Å². The average Bonchev–Trinajstić information content (AvgIpc) is 3.01. The van der Waals surface area contributed by atoms with Crippen molar-refractivity contribution < 1.29 is 23.0 Å². The number of para-hydroxylation sites is 2. The highest BCUT2D eigenvalue weighted by molar-refractivity contribution is 7.81. The van der Waals surface area contributed by atoms with Crippen LogP contribution in [0.1, 0.15) is 10.4 Å². The Morgan fingerprint density at radius 3 is 2.26 bits per heavy atom. The highest BCUT2D eigenvalue weighted by Gasteiger charge is 2.21. The maximum absolute atomic E-state index is 12.7. The van der Waals surface area contributed by atoms with Crippen LogP contribution in [-0.2, 0) is 11.3 Å². The first-order valence-corrected chi connectivity index (χ1v) is 13.9. The number of rotatable bonds is 9. The van der Waals surface area contributed by atoms with Crippen LogP contribution >= 0.6 is 11.6 Å². The molecule has 1 aromatic heterocycles. The molecular formula is C29H22ClN7O5S. The Morgan fingerprint density at radius 1 is 0.930 bits per heavy atom. The van der Waals surface area contributed by atoms with Crippen molar-refractivity contribution in [2.45, 2.75) is 0 Å². The number of ether oxygens (including phenoxy) is 2. The predicted molar refractivity (Wildman–Crippen MR) is 162 cm³/mol. The molecule has 216 valence electrons. The van der Waals surface area contributed by atoms with E-state index in [2.05, 4.69) is 30.4 Å². The van der Waals surface area contributed by atoms with E-state index in [-0.39, 0.29) is 28.6 Å². The standard InChI is InChI=1S/C29H22ClN7O5S/c1-41-23-15-21(16-24(17-23)42-2)31-27-28(33-26-9-4-3-8-25(26)32-27)37(43(39)40)22-7-5-6-20(14-22)34-36-35-29(38)18-10-12-19(30)13-11-18/h3-17H,1-2H3,(H-,31,32,39,40). The van der Waals surface area contributed by atoms with E-state index in [1.165, 1.54) is 32.4 Å². The molecule has 0 saturated heterocycles. The number of nitrogens with one attached hydrogen (secondary N) is 1. The first-order valence-electron chi connectivity index (χ1n) is 12.5. The Balaban J connectivity index is 1.54. The molecule has 5 rings (SSSR count). The average molecular weight is 616 g/mol. The second-order valence-electron chi connectivity index (χ2n) is 8.74. The number of nitrogens with zero attached hydrogens (tertiary/aromatic N) is 6. The second-order valence-corrected chi connectivity index (χ2v) is 9.98. The van der Waals surface area contributed by atoms with Crippen LogP contribution in [0, 0.1) is 0 Å². The predicted octanol–water partition coefficient (Wildman–Crippen LogP) is 6.42. The topological polar surface area (TPSA) is 156 Å². The van der Waals surface area contributed by atoms with Gasteiger partial charge in [-0.3, -0.25) is 13.3 Å². The van der Waals surface area contributed by atoms with E-state index in [0.29, 0.717) is 33.2 Å². The summed E-state index contributed by atoms with van der Waals surface area (Å²) >= 11 is 3.01. The van der Waals surface area contributed by atoms with Gasteiger partial charge in [0.15, 0.2) is 22.4 Å². The fourth-order valence-electron chi connectivity index (χ4n) is 3.96. The lowest BCUT2D eigenvalue weighted by atomic mass is 10.2. The number of halogens is 1. The van der Waals surface area contributed by atoms with Crippen molar-refractivity contribution in [3.63, 3.8) is 0 Å². The molecule has 0 aliphatic rings. The van der Waals surface area contributed by atoms with Crippen molar-refractivity contribution in [2.75, 3.05) is 23.8 Å². The third-order valence-electron chi connectivity index (χ3n) is 5.96. The minimum Gasteiger partial charge on any atom is -0.755 e. The highest BCUT2D eigenvalue weighted by atomic mass is 35.5. The number of fused-ring (bicyclic) bond motifs is 1. The van der Waals surface area contributed by atoms with Crippen molar-refractivity contribution in [1.29, 1.82) is 0 Å². The summed E-state index contributed by atoms with van der Waals surface area (Å²) in [6.45, 7) is 0. The molecule has 1 atom stereocenters. The van der Waals surface area contributed by atoms with E-state index in [4.69, 9.17) is 21.1 Å². The largest absolute Gasteiger partial charge is 0.755 e. The Hall–Kier alpha value is -5.20. The molecular weight excluding hydrogens is 594 g/mol. The molecule has 0 aliphatic carbocycles. The minimum absolute atomic E-state index is 0.00878. The van der Waals surface area contributed by atoms with Crippen molar-refractivity contribution in [1.82, 2.24) is 14.9 Å². The molecule has 0 bridgehead atoms. The third-order valence-corrected chi connectivity index (χ3v) is 6.89. The van der Waals surface area contributed by atoms with Gasteiger partial charge in [0, 0.05) is 34.5 Å². The summed E-state index contributed by atoms with van der Waals surface area (Å²) in [4.78, 5) is 25.2. The van der Waals surface area contributed by atoms with Crippen LogP contribution in [0.3, 0.4) is 0 Å². The summed E-state index contributed by atoms with van der Waals surface area (Å²) in [5.74, 6) is 0.549. The molecule has 1 amide bonds. The zero-order valence-electron chi connectivity index (χ0n) is 22.7. The summed E-state index contributed by atoms with van der Waals surface area (Å²) in [6, 6.07) is 24.5.